The maximum atomic E-state index is 11.3. The third-order valence-corrected chi connectivity index (χ3v) is 6.29. The molecular formula is C23H38O3. The Bertz CT molecular complexity index is 625. The third kappa shape index (κ3) is 3.87. The molecule has 0 bridgehead atoms. The first kappa shape index (κ1) is 21.1. The molecule has 2 unspecified atom stereocenters. The van der Waals surface area contributed by atoms with E-state index in [0.717, 1.165) is 24.0 Å². The molecule has 0 radical (unpaired) electrons. The number of carbonyl (C=O) groups is 1. The number of hydrogen-bond acceptors (Lipinski definition) is 2. The number of allylic oxidation sites excluding steroid dienone is 3. The summed E-state index contributed by atoms with van der Waals surface area (Å²) in [5.41, 5.74) is 3.29. The molecule has 0 aliphatic heterocycles. The van der Waals surface area contributed by atoms with Crippen molar-refractivity contribution in [3.63, 3.8) is 0 Å². The van der Waals surface area contributed by atoms with Gasteiger partial charge in [0, 0.05) is 11.8 Å². The molecule has 26 heavy (non-hydrogen) atoms. The molecule has 0 saturated heterocycles. The molecule has 2 aliphatic rings. The Balaban J connectivity index is 2.51. The highest BCUT2D eigenvalue weighted by molar-refractivity contribution is 5.68. The molecule has 0 amide bonds. The second kappa shape index (κ2) is 7.05. The SMILES string of the molecule is CCCCCC1C2=C(C(C)(C)C)C(O)=C(C(C)(C)C)CC21CCC(=O)O. The summed E-state index contributed by atoms with van der Waals surface area (Å²) in [6.07, 6.45) is 6.44. The minimum absolute atomic E-state index is 0.0381. The summed E-state index contributed by atoms with van der Waals surface area (Å²) in [4.78, 5) is 11.3. The molecule has 1 saturated carbocycles. The van der Waals surface area contributed by atoms with Crippen LogP contribution in [0.4, 0.5) is 0 Å². The van der Waals surface area contributed by atoms with Gasteiger partial charge in [-0.1, -0.05) is 73.3 Å². The molecule has 0 aromatic heterocycles. The number of carboxylic acid groups (broad SMARTS) is 1. The fraction of sp³-hybridized carbons (Fsp3) is 0.783. The average molecular weight is 363 g/mol. The van der Waals surface area contributed by atoms with E-state index in [9.17, 15) is 15.0 Å². The molecule has 148 valence electrons. The molecule has 2 aliphatic carbocycles. The lowest BCUT2D eigenvalue weighted by Gasteiger charge is -2.35. The highest BCUT2D eigenvalue weighted by Crippen LogP contribution is 2.72. The van der Waals surface area contributed by atoms with Crippen LogP contribution in [-0.2, 0) is 4.79 Å². The van der Waals surface area contributed by atoms with Crippen LogP contribution < -0.4 is 0 Å². The van der Waals surface area contributed by atoms with Crippen LogP contribution in [0.15, 0.2) is 22.5 Å². The van der Waals surface area contributed by atoms with Gasteiger partial charge in [0.25, 0.3) is 0 Å². The summed E-state index contributed by atoms with van der Waals surface area (Å²) in [7, 11) is 0. The van der Waals surface area contributed by atoms with Gasteiger partial charge in [0.05, 0.1) is 0 Å². The lowest BCUT2D eigenvalue weighted by atomic mass is 9.70. The number of carboxylic acids is 1. The number of aliphatic hydroxyl groups is 1. The Morgan fingerprint density at radius 3 is 2.19 bits per heavy atom. The van der Waals surface area contributed by atoms with Crippen LogP contribution in [-0.4, -0.2) is 16.2 Å². The summed E-state index contributed by atoms with van der Waals surface area (Å²) in [5, 5.41) is 20.5. The molecule has 3 heteroatoms. The second-order valence-corrected chi connectivity index (χ2v) is 10.4. The van der Waals surface area contributed by atoms with Gasteiger partial charge in [-0.15, -0.1) is 0 Å². The number of hydrogen-bond donors (Lipinski definition) is 2. The molecule has 3 nitrogen and oxygen atoms in total. The van der Waals surface area contributed by atoms with Crippen LogP contribution in [0.5, 0.6) is 0 Å². The lowest BCUT2D eigenvalue weighted by molar-refractivity contribution is -0.137. The van der Waals surface area contributed by atoms with Crippen LogP contribution in [0.25, 0.3) is 0 Å². The smallest absolute Gasteiger partial charge is 0.303 e. The molecular weight excluding hydrogens is 324 g/mol. The minimum atomic E-state index is -0.716. The molecule has 0 heterocycles. The Labute approximate surface area is 159 Å². The van der Waals surface area contributed by atoms with Crippen molar-refractivity contribution in [2.45, 2.75) is 93.4 Å². The van der Waals surface area contributed by atoms with E-state index >= 15 is 0 Å². The largest absolute Gasteiger partial charge is 0.508 e. The molecule has 2 N–H and O–H groups in total. The van der Waals surface area contributed by atoms with Crippen LogP contribution in [0.1, 0.15) is 93.4 Å². The van der Waals surface area contributed by atoms with Gasteiger partial charge in [0.1, 0.15) is 5.76 Å². The van der Waals surface area contributed by atoms with Gasteiger partial charge in [-0.3, -0.25) is 4.79 Å². The fourth-order valence-electron chi connectivity index (χ4n) is 4.94. The molecule has 0 aromatic rings. The summed E-state index contributed by atoms with van der Waals surface area (Å²) in [5.74, 6) is 0.208. The Morgan fingerprint density at radius 2 is 1.73 bits per heavy atom. The van der Waals surface area contributed by atoms with Crippen molar-refractivity contribution >= 4 is 5.97 Å². The molecule has 1 fully saturated rings. The number of rotatable bonds is 7. The summed E-state index contributed by atoms with van der Waals surface area (Å²) < 4.78 is 0. The Kier molecular flexibility index (Phi) is 5.71. The Morgan fingerprint density at radius 1 is 1.12 bits per heavy atom. The zero-order valence-electron chi connectivity index (χ0n) is 17.8. The predicted octanol–water partition coefficient (Wildman–Crippen LogP) is 6.65. The first-order chi connectivity index (χ1) is 11.9. The number of fused-ring (bicyclic) bond motifs is 1. The minimum Gasteiger partial charge on any atom is -0.508 e. The van der Waals surface area contributed by atoms with E-state index in [0.29, 0.717) is 18.1 Å². The topological polar surface area (TPSA) is 57.5 Å². The first-order valence-corrected chi connectivity index (χ1v) is 10.3. The highest BCUT2D eigenvalue weighted by atomic mass is 16.4. The standard InChI is InChI=1S/C23H38O3/c1-8-9-10-11-15-18-19(22(5,6)7)20(26)16(21(2,3)4)14-23(15,18)13-12-17(24)25/h15,26H,8-14H2,1-7H3,(H,24,25). The van der Waals surface area contributed by atoms with Gasteiger partial charge in [-0.05, 0) is 47.2 Å². The van der Waals surface area contributed by atoms with E-state index in [1.807, 2.05) is 0 Å². The van der Waals surface area contributed by atoms with E-state index in [4.69, 9.17) is 0 Å². The van der Waals surface area contributed by atoms with Crippen LogP contribution in [0.2, 0.25) is 0 Å². The maximum Gasteiger partial charge on any atom is 0.303 e. The van der Waals surface area contributed by atoms with Gasteiger partial charge in [-0.2, -0.15) is 0 Å². The van der Waals surface area contributed by atoms with Gasteiger partial charge >= 0.3 is 5.97 Å². The van der Waals surface area contributed by atoms with Gasteiger partial charge < -0.3 is 10.2 Å². The molecule has 2 atom stereocenters. The normalized spacial score (nSPS) is 26.2. The van der Waals surface area contributed by atoms with Crippen molar-refractivity contribution in [1.29, 1.82) is 0 Å². The fourth-order valence-corrected chi connectivity index (χ4v) is 4.94. The summed E-state index contributed by atoms with van der Waals surface area (Å²) in [6.45, 7) is 15.2. The summed E-state index contributed by atoms with van der Waals surface area (Å²) in [6, 6.07) is 0. The number of aliphatic hydroxyl groups excluding tert-OH is 1. The van der Waals surface area contributed by atoms with E-state index in [1.165, 1.54) is 24.8 Å². The van der Waals surface area contributed by atoms with Crippen LogP contribution >= 0.6 is 0 Å². The van der Waals surface area contributed by atoms with Crippen molar-refractivity contribution < 1.29 is 15.0 Å². The van der Waals surface area contributed by atoms with Crippen LogP contribution in [0.3, 0.4) is 0 Å². The van der Waals surface area contributed by atoms with Crippen molar-refractivity contribution in [2.75, 3.05) is 0 Å². The molecule has 0 spiro atoms. The van der Waals surface area contributed by atoms with E-state index in [-0.39, 0.29) is 22.7 Å². The van der Waals surface area contributed by atoms with E-state index in [1.54, 1.807) is 0 Å². The molecule has 0 aromatic carbocycles. The van der Waals surface area contributed by atoms with Crippen molar-refractivity contribution in [3.05, 3.63) is 22.5 Å². The van der Waals surface area contributed by atoms with Crippen LogP contribution in [0, 0.1) is 22.2 Å². The summed E-state index contributed by atoms with van der Waals surface area (Å²) >= 11 is 0. The second-order valence-electron chi connectivity index (χ2n) is 10.4. The zero-order chi connectivity index (χ0) is 19.9. The monoisotopic (exact) mass is 362 g/mol. The van der Waals surface area contributed by atoms with Gasteiger partial charge in [0.2, 0.25) is 0 Å². The van der Waals surface area contributed by atoms with E-state index in [2.05, 4.69) is 48.5 Å². The van der Waals surface area contributed by atoms with Gasteiger partial charge in [0.15, 0.2) is 0 Å². The number of unbranched alkanes of at least 4 members (excludes halogenated alkanes) is 2. The third-order valence-electron chi connectivity index (χ3n) is 6.29. The van der Waals surface area contributed by atoms with E-state index < -0.39 is 5.97 Å². The number of aliphatic carboxylic acids is 1. The highest BCUT2D eigenvalue weighted by Gasteiger charge is 2.63. The average Bonchev–Trinajstić information content (AvgIpc) is 3.09. The Hall–Kier alpha value is -1.25. The quantitative estimate of drug-likeness (QED) is 0.498. The zero-order valence-corrected chi connectivity index (χ0v) is 17.8. The predicted molar refractivity (Wildman–Crippen MR) is 107 cm³/mol. The van der Waals surface area contributed by atoms with Gasteiger partial charge in [-0.25, -0.2) is 0 Å². The first-order valence-electron chi connectivity index (χ1n) is 10.3. The van der Waals surface area contributed by atoms with Crippen molar-refractivity contribution in [3.8, 4) is 0 Å². The van der Waals surface area contributed by atoms with Crippen molar-refractivity contribution in [2.24, 2.45) is 22.2 Å². The molecule has 2 rings (SSSR count). The maximum absolute atomic E-state index is 11.3. The van der Waals surface area contributed by atoms with Crippen molar-refractivity contribution in [1.82, 2.24) is 0 Å². The lowest BCUT2D eigenvalue weighted by Crippen LogP contribution is -2.25.